The maximum Gasteiger partial charge on any atom is 0.164 e. The Morgan fingerprint density at radius 2 is 2.00 bits per heavy atom. The number of piperidine rings is 1. The molecule has 5 rings (SSSR count). The van der Waals surface area contributed by atoms with E-state index in [1.54, 1.807) is 29.3 Å². The van der Waals surface area contributed by atoms with Crippen LogP contribution in [0.15, 0.2) is 36.9 Å². The van der Waals surface area contributed by atoms with Crippen molar-refractivity contribution in [3.8, 4) is 23.1 Å². The molecule has 1 aliphatic heterocycles. The number of fused-ring (bicyclic) bond motifs is 1. The van der Waals surface area contributed by atoms with Gasteiger partial charge in [-0.1, -0.05) is 5.21 Å². The lowest BCUT2D eigenvalue weighted by atomic mass is 10.1. The molecule has 1 saturated heterocycles. The van der Waals surface area contributed by atoms with Gasteiger partial charge in [-0.3, -0.25) is 0 Å². The molecular formula is C22H24N10. The molecule has 0 spiro atoms. The van der Waals surface area contributed by atoms with Gasteiger partial charge in [0.2, 0.25) is 0 Å². The minimum atomic E-state index is 0.217. The van der Waals surface area contributed by atoms with Crippen LogP contribution in [0.5, 0.6) is 0 Å². The molecule has 0 unspecified atom stereocenters. The van der Waals surface area contributed by atoms with Gasteiger partial charge in [-0.2, -0.15) is 15.0 Å². The molecule has 4 aromatic heterocycles. The Balaban J connectivity index is 1.53. The molecule has 0 bridgehead atoms. The third-order valence-electron chi connectivity index (χ3n) is 5.56. The quantitative estimate of drug-likeness (QED) is 0.497. The topological polar surface area (TPSA) is 122 Å². The number of nitrogens with one attached hydrogen (secondary N) is 2. The summed E-state index contributed by atoms with van der Waals surface area (Å²) < 4.78 is 3.65. The van der Waals surface area contributed by atoms with Gasteiger partial charge in [0.25, 0.3) is 0 Å². The number of nitrogens with zero attached hydrogens (tertiary/aromatic N) is 8. The highest BCUT2D eigenvalue weighted by Gasteiger charge is 2.19. The van der Waals surface area contributed by atoms with Crippen molar-refractivity contribution in [3.05, 3.63) is 42.5 Å². The first-order valence-electron chi connectivity index (χ1n) is 10.8. The first kappa shape index (κ1) is 20.1. The van der Waals surface area contributed by atoms with Crippen LogP contribution >= 0.6 is 0 Å². The molecule has 0 aromatic carbocycles. The van der Waals surface area contributed by atoms with E-state index in [1.807, 2.05) is 16.9 Å². The lowest BCUT2D eigenvalue weighted by Crippen LogP contribution is -2.29. The van der Waals surface area contributed by atoms with E-state index in [9.17, 15) is 0 Å². The van der Waals surface area contributed by atoms with E-state index in [0.717, 1.165) is 48.3 Å². The Kier molecular flexibility index (Phi) is 5.25. The summed E-state index contributed by atoms with van der Waals surface area (Å²) in [5.74, 6) is 0.634. The third-order valence-corrected chi connectivity index (χ3v) is 5.56. The first-order valence-corrected chi connectivity index (χ1v) is 10.8. The van der Waals surface area contributed by atoms with Crippen molar-refractivity contribution in [2.75, 3.05) is 18.4 Å². The van der Waals surface area contributed by atoms with Crippen LogP contribution in [-0.2, 0) is 0 Å². The van der Waals surface area contributed by atoms with Gasteiger partial charge in [-0.25, -0.2) is 14.6 Å². The number of rotatable bonds is 5. The predicted molar refractivity (Wildman–Crippen MR) is 120 cm³/mol. The summed E-state index contributed by atoms with van der Waals surface area (Å²) in [4.78, 5) is 9.05. The minimum Gasteiger partial charge on any atom is -0.382 e. The minimum absolute atomic E-state index is 0.217. The van der Waals surface area contributed by atoms with Crippen LogP contribution in [-0.4, -0.2) is 53.9 Å². The van der Waals surface area contributed by atoms with Crippen molar-refractivity contribution in [3.63, 3.8) is 0 Å². The lowest BCUT2D eigenvalue weighted by molar-refractivity contribution is 0.337. The highest BCUT2D eigenvalue weighted by molar-refractivity contribution is 5.79. The van der Waals surface area contributed by atoms with Crippen molar-refractivity contribution >= 4 is 16.7 Å². The molecule has 1 aliphatic rings. The van der Waals surface area contributed by atoms with E-state index in [4.69, 9.17) is 5.26 Å². The second-order valence-electron chi connectivity index (χ2n) is 8.26. The molecule has 0 saturated carbocycles. The van der Waals surface area contributed by atoms with E-state index in [0.29, 0.717) is 23.1 Å². The Hall–Kier alpha value is -3.84. The largest absolute Gasteiger partial charge is 0.382 e. The molecule has 0 radical (unpaired) electrons. The molecule has 32 heavy (non-hydrogen) atoms. The molecule has 1 fully saturated rings. The van der Waals surface area contributed by atoms with Gasteiger partial charge in [0, 0.05) is 41.1 Å². The maximum absolute atomic E-state index is 9.11. The molecule has 10 heteroatoms. The van der Waals surface area contributed by atoms with Crippen LogP contribution in [0.1, 0.15) is 38.3 Å². The first-order chi connectivity index (χ1) is 15.6. The van der Waals surface area contributed by atoms with E-state index in [1.165, 1.54) is 0 Å². The summed E-state index contributed by atoms with van der Waals surface area (Å²) >= 11 is 0. The summed E-state index contributed by atoms with van der Waals surface area (Å²) in [5.41, 5.74) is 3.72. The zero-order valence-electron chi connectivity index (χ0n) is 18.0. The van der Waals surface area contributed by atoms with Crippen LogP contribution in [0.3, 0.4) is 0 Å². The fourth-order valence-electron chi connectivity index (χ4n) is 3.99. The third kappa shape index (κ3) is 3.78. The smallest absolute Gasteiger partial charge is 0.164 e. The Morgan fingerprint density at radius 1 is 1.16 bits per heavy atom. The summed E-state index contributed by atoms with van der Waals surface area (Å²) in [5, 5.41) is 30.1. The number of anilines is 1. The van der Waals surface area contributed by atoms with Crippen molar-refractivity contribution in [1.29, 1.82) is 5.26 Å². The van der Waals surface area contributed by atoms with Gasteiger partial charge in [0.05, 0.1) is 24.0 Å². The van der Waals surface area contributed by atoms with Crippen LogP contribution in [0.25, 0.3) is 28.1 Å². The molecule has 5 heterocycles. The van der Waals surface area contributed by atoms with Gasteiger partial charge in [0.15, 0.2) is 11.5 Å². The number of nitriles is 1. The second kappa shape index (κ2) is 8.36. The Bertz CT molecular complexity index is 1290. The molecule has 162 valence electrons. The highest BCUT2D eigenvalue weighted by Crippen LogP contribution is 2.30. The van der Waals surface area contributed by atoms with Crippen molar-refractivity contribution < 1.29 is 0 Å². The molecular weight excluding hydrogens is 404 g/mol. The van der Waals surface area contributed by atoms with Gasteiger partial charge in [0.1, 0.15) is 11.8 Å². The Morgan fingerprint density at radius 3 is 2.78 bits per heavy atom. The van der Waals surface area contributed by atoms with Crippen LogP contribution < -0.4 is 10.6 Å². The van der Waals surface area contributed by atoms with Crippen LogP contribution in [0.4, 0.5) is 5.69 Å². The van der Waals surface area contributed by atoms with E-state index < -0.39 is 0 Å². The standard InChI is InChI=1S/C22H24N10/c1-14(2)28-19-8-21(32-22-16(11-27-32)7-15(9-23)10-26-22)25-12-18(19)20-13-31(30-29-20)17-3-5-24-6-4-17/h7-8,10-14,17,24H,3-6H2,1-2H3,(H,25,28). The molecule has 0 atom stereocenters. The number of pyridine rings is 2. The molecule has 2 N–H and O–H groups in total. The lowest BCUT2D eigenvalue weighted by Gasteiger charge is -2.22. The summed E-state index contributed by atoms with van der Waals surface area (Å²) in [6.07, 6.45) is 9.13. The fraction of sp³-hybridized carbons (Fsp3) is 0.364. The summed E-state index contributed by atoms with van der Waals surface area (Å²) in [6.45, 7) is 6.17. The number of hydrogen-bond donors (Lipinski definition) is 2. The number of hydrogen-bond acceptors (Lipinski definition) is 8. The molecule has 4 aromatic rings. The van der Waals surface area contributed by atoms with E-state index >= 15 is 0 Å². The average Bonchev–Trinajstić information content (AvgIpc) is 3.46. The van der Waals surface area contributed by atoms with Crippen LogP contribution in [0, 0.1) is 11.3 Å². The van der Waals surface area contributed by atoms with Gasteiger partial charge in [-0.05, 0) is 45.8 Å². The maximum atomic E-state index is 9.11. The summed E-state index contributed by atoms with van der Waals surface area (Å²) in [6, 6.07) is 6.41. The van der Waals surface area contributed by atoms with Crippen molar-refractivity contribution in [1.82, 2.24) is 40.1 Å². The Labute approximate surface area is 185 Å². The highest BCUT2D eigenvalue weighted by atomic mass is 15.4. The van der Waals surface area contributed by atoms with Crippen molar-refractivity contribution in [2.45, 2.75) is 38.8 Å². The normalized spacial score (nSPS) is 14.7. The van der Waals surface area contributed by atoms with Crippen LogP contribution in [0.2, 0.25) is 0 Å². The number of aromatic nitrogens is 7. The molecule has 10 nitrogen and oxygen atoms in total. The van der Waals surface area contributed by atoms with E-state index in [2.05, 4.69) is 55.9 Å². The monoisotopic (exact) mass is 428 g/mol. The second-order valence-corrected chi connectivity index (χ2v) is 8.26. The predicted octanol–water partition coefficient (Wildman–Crippen LogP) is 2.69. The van der Waals surface area contributed by atoms with Gasteiger partial charge < -0.3 is 10.6 Å². The SMILES string of the molecule is CC(C)Nc1cc(-n2ncc3cc(C#N)cnc32)ncc1-c1cn(C2CCNCC2)nn1. The molecule has 0 amide bonds. The fourth-order valence-corrected chi connectivity index (χ4v) is 3.99. The average molecular weight is 429 g/mol. The molecule has 0 aliphatic carbocycles. The van der Waals surface area contributed by atoms with Crippen molar-refractivity contribution in [2.24, 2.45) is 0 Å². The summed E-state index contributed by atoms with van der Waals surface area (Å²) in [7, 11) is 0. The van der Waals surface area contributed by atoms with E-state index in [-0.39, 0.29) is 6.04 Å². The zero-order valence-corrected chi connectivity index (χ0v) is 18.0. The van der Waals surface area contributed by atoms with Gasteiger partial charge >= 0.3 is 0 Å². The van der Waals surface area contributed by atoms with Gasteiger partial charge in [-0.15, -0.1) is 5.10 Å². The zero-order chi connectivity index (χ0) is 22.1.